The van der Waals surface area contributed by atoms with Gasteiger partial charge in [0.15, 0.2) is 0 Å². The minimum Gasteiger partial charge on any atom is -0.478 e. The first-order chi connectivity index (χ1) is 14.9. The summed E-state index contributed by atoms with van der Waals surface area (Å²) < 4.78 is 0. The molecule has 3 aromatic rings. The van der Waals surface area contributed by atoms with Crippen LogP contribution in [0.15, 0.2) is 72.8 Å². The molecule has 3 N–H and O–H groups in total. The van der Waals surface area contributed by atoms with Gasteiger partial charge in [-0.3, -0.25) is 0 Å². The number of rotatable bonds is 10. The Morgan fingerprint density at radius 1 is 0.935 bits per heavy atom. The minimum absolute atomic E-state index is 0.387. The molecule has 0 saturated heterocycles. The summed E-state index contributed by atoms with van der Waals surface area (Å²) in [5.74, 6) is -0.480. The van der Waals surface area contributed by atoms with Crippen molar-refractivity contribution in [1.29, 1.82) is 0 Å². The number of aliphatic hydroxyl groups excluding tert-OH is 1. The van der Waals surface area contributed by atoms with Crippen LogP contribution >= 0.6 is 0 Å². The van der Waals surface area contributed by atoms with E-state index in [-0.39, 0.29) is 0 Å². The maximum absolute atomic E-state index is 11.5. The summed E-state index contributed by atoms with van der Waals surface area (Å²) in [7, 11) is 0. The van der Waals surface area contributed by atoms with Gasteiger partial charge in [0.2, 0.25) is 0 Å². The number of carboxylic acids is 1. The third kappa shape index (κ3) is 6.51. The minimum atomic E-state index is -0.873. The molecule has 3 rings (SSSR count). The van der Waals surface area contributed by atoms with Gasteiger partial charge in [0.05, 0.1) is 11.7 Å². The fourth-order valence-corrected chi connectivity index (χ4v) is 3.72. The molecule has 0 heterocycles. The smallest absolute Gasteiger partial charge is 0.335 e. The lowest BCUT2D eigenvalue weighted by molar-refractivity contribution is 0.0695. The predicted octanol–water partition coefficient (Wildman–Crippen LogP) is 5.12. The number of carboxylic acid groups (broad SMARTS) is 1. The Hall–Kier alpha value is -2.95. The molecule has 0 aliphatic heterocycles. The number of aromatic carboxylic acids is 1. The van der Waals surface area contributed by atoms with E-state index in [9.17, 15) is 15.0 Å². The van der Waals surface area contributed by atoms with Gasteiger partial charge in [0, 0.05) is 6.54 Å². The molecule has 0 amide bonds. The summed E-state index contributed by atoms with van der Waals surface area (Å²) >= 11 is 0. The highest BCUT2D eigenvalue weighted by Gasteiger charge is 2.13. The maximum Gasteiger partial charge on any atom is 0.335 e. The number of aliphatic hydroxyl groups is 1. The molecule has 4 heteroatoms. The molecule has 0 fully saturated rings. The van der Waals surface area contributed by atoms with Crippen LogP contribution in [-0.4, -0.2) is 29.3 Å². The van der Waals surface area contributed by atoms with E-state index in [0.717, 1.165) is 41.6 Å². The van der Waals surface area contributed by atoms with Crippen molar-refractivity contribution >= 4 is 5.97 Å². The van der Waals surface area contributed by atoms with Crippen molar-refractivity contribution in [2.75, 3.05) is 13.1 Å². The molecule has 0 radical (unpaired) electrons. The van der Waals surface area contributed by atoms with Crippen LogP contribution in [0.2, 0.25) is 0 Å². The van der Waals surface area contributed by atoms with E-state index in [1.807, 2.05) is 42.5 Å². The van der Waals surface area contributed by atoms with Crippen LogP contribution in [0.1, 0.15) is 47.0 Å². The first-order valence-corrected chi connectivity index (χ1v) is 10.8. The molecule has 0 aliphatic carbocycles. The van der Waals surface area contributed by atoms with E-state index in [2.05, 4.69) is 43.4 Å². The fourth-order valence-electron chi connectivity index (χ4n) is 3.72. The molecule has 1 atom stereocenters. The normalized spacial score (nSPS) is 12.1. The first kappa shape index (κ1) is 22.7. The molecule has 31 heavy (non-hydrogen) atoms. The molecule has 0 aromatic heterocycles. The van der Waals surface area contributed by atoms with Crippen LogP contribution in [0, 0.1) is 5.92 Å². The van der Waals surface area contributed by atoms with Gasteiger partial charge in [-0.1, -0.05) is 80.6 Å². The van der Waals surface area contributed by atoms with E-state index < -0.39 is 12.1 Å². The molecule has 0 spiro atoms. The van der Waals surface area contributed by atoms with Crippen molar-refractivity contribution in [2.45, 2.75) is 32.8 Å². The zero-order chi connectivity index (χ0) is 22.2. The Bertz CT molecular complexity index is 981. The quantitative estimate of drug-likeness (QED) is 0.401. The summed E-state index contributed by atoms with van der Waals surface area (Å²) in [6, 6.07) is 23.7. The number of carbonyl (C=O) groups is 1. The van der Waals surface area contributed by atoms with E-state index in [4.69, 9.17) is 0 Å². The summed E-state index contributed by atoms with van der Waals surface area (Å²) in [4.78, 5) is 11.5. The van der Waals surface area contributed by atoms with Crippen LogP contribution < -0.4 is 5.32 Å². The van der Waals surface area contributed by atoms with Gasteiger partial charge in [-0.15, -0.1) is 0 Å². The van der Waals surface area contributed by atoms with Crippen molar-refractivity contribution in [3.63, 3.8) is 0 Å². The Labute approximate surface area is 184 Å². The van der Waals surface area contributed by atoms with Gasteiger partial charge in [-0.25, -0.2) is 4.79 Å². The molecule has 4 nitrogen and oxygen atoms in total. The van der Waals surface area contributed by atoms with Gasteiger partial charge in [0.25, 0.3) is 0 Å². The van der Waals surface area contributed by atoms with E-state index >= 15 is 0 Å². The average Bonchev–Trinajstić information content (AvgIpc) is 2.77. The zero-order valence-corrected chi connectivity index (χ0v) is 18.2. The highest BCUT2D eigenvalue weighted by Crippen LogP contribution is 2.25. The Kier molecular flexibility index (Phi) is 7.99. The number of benzene rings is 3. The summed E-state index contributed by atoms with van der Waals surface area (Å²) in [6.45, 7) is 5.51. The molecule has 162 valence electrons. The van der Waals surface area contributed by atoms with E-state index in [1.54, 1.807) is 6.07 Å². The van der Waals surface area contributed by atoms with Crippen LogP contribution in [0.25, 0.3) is 11.1 Å². The third-order valence-corrected chi connectivity index (χ3v) is 5.36. The van der Waals surface area contributed by atoms with Crippen molar-refractivity contribution < 1.29 is 15.0 Å². The first-order valence-electron chi connectivity index (χ1n) is 10.8. The van der Waals surface area contributed by atoms with E-state index in [1.165, 1.54) is 5.56 Å². The molecule has 0 aliphatic rings. The predicted molar refractivity (Wildman–Crippen MR) is 125 cm³/mol. The van der Waals surface area contributed by atoms with Gasteiger partial charge in [-0.05, 0) is 59.2 Å². The summed E-state index contributed by atoms with van der Waals surface area (Å²) in [6.07, 6.45) is 1.12. The molecule has 0 bridgehead atoms. The summed E-state index contributed by atoms with van der Waals surface area (Å²) in [5.41, 5.74) is 5.53. The molecule has 3 aromatic carbocycles. The molecular formula is C27H31NO3. The van der Waals surface area contributed by atoms with Crippen LogP contribution in [0.5, 0.6) is 0 Å². The molecule has 0 saturated carbocycles. The zero-order valence-electron chi connectivity index (χ0n) is 18.2. The van der Waals surface area contributed by atoms with Gasteiger partial charge >= 0.3 is 5.97 Å². The lowest BCUT2D eigenvalue weighted by Gasteiger charge is -2.13. The second kappa shape index (κ2) is 10.9. The Morgan fingerprint density at radius 3 is 2.26 bits per heavy atom. The highest BCUT2D eigenvalue weighted by molar-refractivity contribution is 5.90. The number of hydrogen-bond acceptors (Lipinski definition) is 3. The number of hydrogen-bond donors (Lipinski definition) is 3. The van der Waals surface area contributed by atoms with Crippen molar-refractivity contribution in [3.8, 4) is 11.1 Å². The fraction of sp³-hybridized carbons (Fsp3) is 0.296. The largest absolute Gasteiger partial charge is 0.478 e. The van der Waals surface area contributed by atoms with Crippen LogP contribution in [0.3, 0.4) is 0 Å². The molecule has 0 unspecified atom stereocenters. The van der Waals surface area contributed by atoms with Gasteiger partial charge < -0.3 is 15.5 Å². The van der Waals surface area contributed by atoms with Crippen molar-refractivity contribution in [1.82, 2.24) is 5.32 Å². The maximum atomic E-state index is 11.5. The van der Waals surface area contributed by atoms with E-state index in [0.29, 0.717) is 18.0 Å². The van der Waals surface area contributed by atoms with Gasteiger partial charge in [0.1, 0.15) is 0 Å². The SMILES string of the molecule is CC(C)Cc1cc(-c2ccc(CCNC[C@H](O)c3ccccc3)cc2)ccc1C(=O)O. The summed E-state index contributed by atoms with van der Waals surface area (Å²) in [5, 5.41) is 23.0. The highest BCUT2D eigenvalue weighted by atomic mass is 16.4. The van der Waals surface area contributed by atoms with Gasteiger partial charge in [-0.2, -0.15) is 0 Å². The topological polar surface area (TPSA) is 69.6 Å². The Morgan fingerprint density at radius 2 is 1.61 bits per heavy atom. The second-order valence-electron chi connectivity index (χ2n) is 8.35. The van der Waals surface area contributed by atoms with Crippen molar-refractivity contribution in [2.24, 2.45) is 5.92 Å². The third-order valence-electron chi connectivity index (χ3n) is 5.36. The van der Waals surface area contributed by atoms with Crippen LogP contribution in [-0.2, 0) is 12.8 Å². The number of nitrogens with one attached hydrogen (secondary N) is 1. The second-order valence-corrected chi connectivity index (χ2v) is 8.35. The van der Waals surface area contributed by atoms with Crippen LogP contribution in [0.4, 0.5) is 0 Å². The monoisotopic (exact) mass is 417 g/mol. The molecular weight excluding hydrogens is 386 g/mol. The Balaban J connectivity index is 1.58. The lowest BCUT2D eigenvalue weighted by atomic mass is 9.93. The van der Waals surface area contributed by atoms with Crippen molar-refractivity contribution in [3.05, 3.63) is 95.1 Å². The standard InChI is InChI=1S/C27H31NO3/c1-19(2)16-24-17-23(12-13-25(24)27(30)31)21-10-8-20(9-11-21)14-15-28-18-26(29)22-6-4-3-5-7-22/h3-13,17,19,26,28-29H,14-16,18H2,1-2H3,(H,30,31)/t26-/m0/s1. The average molecular weight is 418 g/mol. The lowest BCUT2D eigenvalue weighted by Crippen LogP contribution is -2.23.